The average Bonchev–Trinajstić information content (AvgIpc) is 3.25. The Hall–Kier alpha value is -3.18. The molecule has 0 saturated heterocycles. The number of methoxy groups -OCH3 is 1. The molecule has 0 aromatic heterocycles. The lowest BCUT2D eigenvalue weighted by Gasteiger charge is -2.48. The Morgan fingerprint density at radius 3 is 2.97 bits per heavy atom. The van der Waals surface area contributed by atoms with Gasteiger partial charge in [0.05, 0.1) is 30.8 Å². The maximum Gasteiger partial charge on any atom is 0.262 e. The smallest absolute Gasteiger partial charge is 0.262 e. The molecule has 2 spiro atoms. The van der Waals surface area contributed by atoms with Crippen molar-refractivity contribution in [3.63, 3.8) is 0 Å². The van der Waals surface area contributed by atoms with Crippen LogP contribution in [0.25, 0.3) is 0 Å². The summed E-state index contributed by atoms with van der Waals surface area (Å²) in [6, 6.07) is 7.91. The fourth-order valence-corrected chi connectivity index (χ4v) is 6.43. The van der Waals surface area contributed by atoms with Crippen LogP contribution < -0.4 is 11.1 Å². The zero-order chi connectivity index (χ0) is 23.2. The third-order valence-corrected chi connectivity index (χ3v) is 8.02. The van der Waals surface area contributed by atoms with Gasteiger partial charge in [-0.05, 0) is 60.9 Å². The molecule has 1 aromatic carbocycles. The Bertz CT molecular complexity index is 1120. The highest BCUT2D eigenvalue weighted by Gasteiger charge is 2.67. The van der Waals surface area contributed by atoms with E-state index in [1.807, 2.05) is 30.5 Å². The van der Waals surface area contributed by atoms with E-state index in [9.17, 15) is 10.1 Å². The molecule has 2 aliphatic heterocycles. The minimum atomic E-state index is -1.11. The second kappa shape index (κ2) is 7.99. The van der Waals surface area contributed by atoms with Crippen LogP contribution in [-0.2, 0) is 21.5 Å². The van der Waals surface area contributed by atoms with Crippen LogP contribution in [0.3, 0.4) is 0 Å². The number of nitriles is 1. The number of carbonyl (C=O) groups is 1. The van der Waals surface area contributed by atoms with Crippen molar-refractivity contribution in [2.45, 2.75) is 50.7 Å². The van der Waals surface area contributed by atoms with Gasteiger partial charge in [0.2, 0.25) is 0 Å². The molecule has 4 unspecified atom stereocenters. The van der Waals surface area contributed by atoms with Crippen LogP contribution in [0.1, 0.15) is 49.3 Å². The van der Waals surface area contributed by atoms with Gasteiger partial charge in [-0.1, -0.05) is 19.4 Å². The van der Waals surface area contributed by atoms with Gasteiger partial charge in [0, 0.05) is 18.7 Å². The summed E-state index contributed by atoms with van der Waals surface area (Å²) in [5, 5.41) is 12.7. The summed E-state index contributed by atoms with van der Waals surface area (Å²) in [5.74, 6) is 1.13. The van der Waals surface area contributed by atoms with E-state index in [4.69, 9.17) is 15.5 Å². The van der Waals surface area contributed by atoms with Crippen molar-refractivity contribution in [2.75, 3.05) is 20.2 Å². The van der Waals surface area contributed by atoms with Crippen LogP contribution >= 0.6 is 0 Å². The number of amides is 1. The normalized spacial score (nSPS) is 32.5. The number of nitrogens with two attached hydrogens (primary N) is 1. The van der Waals surface area contributed by atoms with Gasteiger partial charge in [0.1, 0.15) is 5.84 Å². The fraction of sp³-hybridized carbons (Fsp3) is 0.520. The Labute approximate surface area is 194 Å². The number of guanidine groups is 1. The highest BCUT2D eigenvalue weighted by molar-refractivity contribution is 6.10. The SMILES string of the molecule is CCC1CC2(CCC1OC)Cc1ccc(C#N)cc1C21N=C(N)N(CC2=NCC=CN2)C1=O. The van der Waals surface area contributed by atoms with E-state index in [0.29, 0.717) is 23.9 Å². The molecule has 4 atom stereocenters. The topological polar surface area (TPSA) is 116 Å². The van der Waals surface area contributed by atoms with E-state index in [0.717, 1.165) is 43.2 Å². The summed E-state index contributed by atoms with van der Waals surface area (Å²) < 4.78 is 5.80. The zero-order valence-corrected chi connectivity index (χ0v) is 19.2. The van der Waals surface area contributed by atoms with E-state index in [2.05, 4.69) is 23.3 Å². The lowest BCUT2D eigenvalue weighted by atomic mass is 9.58. The van der Waals surface area contributed by atoms with Crippen molar-refractivity contribution in [2.24, 2.45) is 27.1 Å². The van der Waals surface area contributed by atoms with Crippen LogP contribution in [0, 0.1) is 22.7 Å². The molecule has 1 amide bonds. The molecule has 4 aliphatic rings. The van der Waals surface area contributed by atoms with Gasteiger partial charge in [0.15, 0.2) is 11.5 Å². The lowest BCUT2D eigenvalue weighted by Crippen LogP contribution is -2.55. The van der Waals surface area contributed by atoms with Crippen molar-refractivity contribution < 1.29 is 9.53 Å². The van der Waals surface area contributed by atoms with E-state index in [1.165, 1.54) is 0 Å². The number of amidine groups is 1. The highest BCUT2D eigenvalue weighted by atomic mass is 16.5. The molecule has 8 heteroatoms. The molecule has 172 valence electrons. The van der Waals surface area contributed by atoms with Crippen molar-refractivity contribution >= 4 is 17.7 Å². The predicted molar refractivity (Wildman–Crippen MR) is 125 cm³/mol. The number of nitrogens with zero attached hydrogens (tertiary/aromatic N) is 4. The largest absolute Gasteiger partial charge is 0.381 e. The summed E-state index contributed by atoms with van der Waals surface area (Å²) in [6.07, 6.45) is 8.16. The predicted octanol–water partition coefficient (Wildman–Crippen LogP) is 2.19. The first-order valence-electron chi connectivity index (χ1n) is 11.7. The summed E-state index contributed by atoms with van der Waals surface area (Å²) in [5.41, 5.74) is 7.39. The monoisotopic (exact) mass is 446 g/mol. The standard InChI is InChI=1S/C25H30N6O2/c1-3-17-12-24(8-7-20(17)33-2)13-18-6-5-16(14-26)11-19(18)25(24)22(32)31(23(27)30-25)15-21-28-9-4-10-29-21/h4-6,9,11,17,20H,3,7-8,10,12-13,15H2,1-2H3,(H2,27,30)(H,28,29). The molecule has 5 rings (SSSR count). The highest BCUT2D eigenvalue weighted by Crippen LogP contribution is 2.63. The van der Waals surface area contributed by atoms with Crippen LogP contribution in [0.5, 0.6) is 0 Å². The molecule has 1 aromatic rings. The maximum absolute atomic E-state index is 14.3. The lowest BCUT2D eigenvalue weighted by molar-refractivity contribution is -0.139. The molecular weight excluding hydrogens is 416 g/mol. The summed E-state index contributed by atoms with van der Waals surface area (Å²) in [6.45, 7) is 3.00. The number of ether oxygens (including phenoxy) is 1. The summed E-state index contributed by atoms with van der Waals surface area (Å²) in [4.78, 5) is 25.3. The molecule has 8 nitrogen and oxygen atoms in total. The van der Waals surface area contributed by atoms with Gasteiger partial charge < -0.3 is 15.8 Å². The first-order chi connectivity index (χ1) is 16.0. The van der Waals surface area contributed by atoms with Crippen LogP contribution in [0.4, 0.5) is 0 Å². The molecule has 1 saturated carbocycles. The van der Waals surface area contributed by atoms with Gasteiger partial charge in [0.25, 0.3) is 5.91 Å². The second-order valence-corrected chi connectivity index (χ2v) is 9.53. The molecule has 2 aliphatic carbocycles. The van der Waals surface area contributed by atoms with E-state index in [1.54, 1.807) is 12.0 Å². The first-order valence-corrected chi connectivity index (χ1v) is 11.7. The molecular formula is C25H30N6O2. The number of hydrogen-bond acceptors (Lipinski definition) is 7. The average molecular weight is 447 g/mol. The van der Waals surface area contributed by atoms with Crippen LogP contribution in [0.15, 0.2) is 40.5 Å². The number of benzene rings is 1. The Kier molecular flexibility index (Phi) is 5.25. The maximum atomic E-state index is 14.3. The summed E-state index contributed by atoms with van der Waals surface area (Å²) >= 11 is 0. The molecule has 0 bridgehead atoms. The number of aliphatic imine (C=N–C) groups is 2. The van der Waals surface area contributed by atoms with Gasteiger partial charge in [-0.15, -0.1) is 0 Å². The second-order valence-electron chi connectivity index (χ2n) is 9.53. The van der Waals surface area contributed by atoms with Gasteiger partial charge >= 0.3 is 0 Å². The van der Waals surface area contributed by atoms with Crippen LogP contribution in [-0.4, -0.2) is 48.9 Å². The number of fused-ring (bicyclic) bond motifs is 3. The Balaban J connectivity index is 1.61. The molecule has 2 heterocycles. The molecule has 3 N–H and O–H groups in total. The third kappa shape index (κ3) is 3.10. The van der Waals surface area contributed by atoms with Crippen LogP contribution in [0.2, 0.25) is 0 Å². The first kappa shape index (κ1) is 21.7. The van der Waals surface area contributed by atoms with E-state index >= 15 is 0 Å². The van der Waals surface area contributed by atoms with Gasteiger partial charge in [-0.3, -0.25) is 14.7 Å². The number of carbonyl (C=O) groups excluding carboxylic acids is 1. The number of nitrogens with one attached hydrogen (secondary N) is 1. The van der Waals surface area contributed by atoms with Gasteiger partial charge in [-0.2, -0.15) is 5.26 Å². The fourth-order valence-electron chi connectivity index (χ4n) is 6.43. The third-order valence-electron chi connectivity index (χ3n) is 8.02. The quantitative estimate of drug-likeness (QED) is 0.735. The zero-order valence-electron chi connectivity index (χ0n) is 19.2. The molecule has 1 fully saturated rings. The van der Waals surface area contributed by atoms with Crippen molar-refractivity contribution in [3.8, 4) is 6.07 Å². The minimum absolute atomic E-state index is 0.112. The van der Waals surface area contributed by atoms with Crippen molar-refractivity contribution in [3.05, 3.63) is 47.2 Å². The Morgan fingerprint density at radius 1 is 1.42 bits per heavy atom. The van der Waals surface area contributed by atoms with Gasteiger partial charge in [-0.25, -0.2) is 4.99 Å². The van der Waals surface area contributed by atoms with Crippen molar-refractivity contribution in [1.82, 2.24) is 10.2 Å². The van der Waals surface area contributed by atoms with E-state index in [-0.39, 0.29) is 24.5 Å². The molecule has 0 radical (unpaired) electrons. The Morgan fingerprint density at radius 2 is 2.27 bits per heavy atom. The van der Waals surface area contributed by atoms with E-state index < -0.39 is 11.0 Å². The minimum Gasteiger partial charge on any atom is -0.381 e. The number of hydrogen-bond donors (Lipinski definition) is 2. The molecule has 33 heavy (non-hydrogen) atoms. The number of rotatable bonds is 4. The summed E-state index contributed by atoms with van der Waals surface area (Å²) in [7, 11) is 1.77. The van der Waals surface area contributed by atoms with Crippen molar-refractivity contribution in [1.29, 1.82) is 5.26 Å².